The number of phenolic OH excluding ortho intramolecular Hbond substituents is 2. The molecule has 0 spiro atoms. The van der Waals surface area contributed by atoms with Crippen LogP contribution in [0.2, 0.25) is 0 Å². The van der Waals surface area contributed by atoms with Gasteiger partial charge in [-0.05, 0) is 31.0 Å². The first-order chi connectivity index (χ1) is 6.86. The minimum atomic E-state index is -1.34. The molecule has 0 saturated heterocycles. The first-order valence-corrected chi connectivity index (χ1v) is 4.36. The molecule has 0 bridgehead atoms. The molecule has 5 nitrogen and oxygen atoms in total. The van der Waals surface area contributed by atoms with Crippen molar-refractivity contribution < 1.29 is 20.1 Å². The van der Waals surface area contributed by atoms with Gasteiger partial charge in [-0.2, -0.15) is 0 Å². The molecule has 0 aliphatic heterocycles. The summed E-state index contributed by atoms with van der Waals surface area (Å²) in [5.74, 6) is -2.04. The lowest BCUT2D eigenvalue weighted by Gasteiger charge is -2.13. The van der Waals surface area contributed by atoms with Gasteiger partial charge in [0, 0.05) is 5.56 Å². The van der Waals surface area contributed by atoms with Gasteiger partial charge in [0.1, 0.15) is 6.04 Å². The number of hydrogen-bond donors (Lipinski definition) is 4. The van der Waals surface area contributed by atoms with Crippen molar-refractivity contribution in [1.29, 1.82) is 0 Å². The second-order valence-corrected chi connectivity index (χ2v) is 3.42. The van der Waals surface area contributed by atoms with Gasteiger partial charge in [-0.3, -0.25) is 4.79 Å². The molecule has 5 N–H and O–H groups in total. The molecule has 15 heavy (non-hydrogen) atoms. The van der Waals surface area contributed by atoms with Crippen LogP contribution < -0.4 is 5.73 Å². The molecule has 1 atom stereocenters. The molecule has 0 aliphatic rings. The van der Waals surface area contributed by atoms with Crippen molar-refractivity contribution in [1.82, 2.24) is 0 Å². The Balaban J connectivity index is 3.38. The van der Waals surface area contributed by atoms with Crippen molar-refractivity contribution in [3.63, 3.8) is 0 Å². The number of aryl methyl sites for hydroxylation is 1. The predicted octanol–water partition coefficient (Wildman–Crippen LogP) is 0.799. The maximum atomic E-state index is 10.6. The number of aromatic hydroxyl groups is 2. The number of carboxylic acid groups (broad SMARTS) is 1. The lowest BCUT2D eigenvalue weighted by Crippen LogP contribution is -2.21. The molecule has 1 rings (SSSR count). The van der Waals surface area contributed by atoms with Crippen LogP contribution in [-0.2, 0) is 4.79 Å². The topological polar surface area (TPSA) is 104 Å². The fraction of sp³-hybridized carbons (Fsp3) is 0.300. The van der Waals surface area contributed by atoms with Crippen LogP contribution in [0.1, 0.15) is 22.7 Å². The van der Waals surface area contributed by atoms with Crippen molar-refractivity contribution in [2.75, 3.05) is 0 Å². The third-order valence-corrected chi connectivity index (χ3v) is 2.42. The smallest absolute Gasteiger partial charge is 0.325 e. The van der Waals surface area contributed by atoms with E-state index in [2.05, 4.69) is 0 Å². The highest BCUT2D eigenvalue weighted by atomic mass is 16.4. The Hall–Kier alpha value is -1.75. The van der Waals surface area contributed by atoms with E-state index < -0.39 is 17.8 Å². The van der Waals surface area contributed by atoms with Crippen molar-refractivity contribution in [3.8, 4) is 11.5 Å². The summed E-state index contributed by atoms with van der Waals surface area (Å²) in [4.78, 5) is 10.6. The van der Waals surface area contributed by atoms with Crippen LogP contribution in [0, 0.1) is 13.8 Å². The van der Waals surface area contributed by atoms with Crippen LogP contribution in [0.15, 0.2) is 6.07 Å². The summed E-state index contributed by atoms with van der Waals surface area (Å²) in [7, 11) is 0. The predicted molar refractivity (Wildman–Crippen MR) is 53.8 cm³/mol. The second kappa shape index (κ2) is 3.78. The monoisotopic (exact) mass is 211 g/mol. The third kappa shape index (κ3) is 1.87. The molecule has 1 unspecified atom stereocenters. The Labute approximate surface area is 86.8 Å². The van der Waals surface area contributed by atoms with Gasteiger partial charge >= 0.3 is 5.97 Å². The summed E-state index contributed by atoms with van der Waals surface area (Å²) in [5.41, 5.74) is 6.56. The molecule has 0 radical (unpaired) electrons. The summed E-state index contributed by atoms with van der Waals surface area (Å²) in [6, 6.07) is 0.124. The van der Waals surface area contributed by atoms with E-state index in [1.165, 1.54) is 6.07 Å². The molecule has 82 valence electrons. The van der Waals surface area contributed by atoms with Crippen molar-refractivity contribution in [3.05, 3.63) is 22.8 Å². The van der Waals surface area contributed by atoms with E-state index >= 15 is 0 Å². The van der Waals surface area contributed by atoms with Crippen LogP contribution in [-0.4, -0.2) is 21.3 Å². The number of carboxylic acids is 1. The van der Waals surface area contributed by atoms with Gasteiger partial charge in [-0.25, -0.2) is 0 Å². The van der Waals surface area contributed by atoms with Gasteiger partial charge in [0.05, 0.1) is 0 Å². The number of aliphatic carboxylic acids is 1. The van der Waals surface area contributed by atoms with E-state index in [4.69, 9.17) is 10.8 Å². The lowest BCUT2D eigenvalue weighted by atomic mass is 9.99. The minimum Gasteiger partial charge on any atom is -0.504 e. The molecule has 0 saturated carbocycles. The first-order valence-electron chi connectivity index (χ1n) is 4.36. The number of nitrogens with two attached hydrogens (primary N) is 1. The minimum absolute atomic E-state index is 0.0168. The Kier molecular flexibility index (Phi) is 2.85. The Morgan fingerprint density at radius 1 is 1.33 bits per heavy atom. The Morgan fingerprint density at radius 3 is 2.33 bits per heavy atom. The number of carbonyl (C=O) groups is 1. The number of rotatable bonds is 2. The van der Waals surface area contributed by atoms with E-state index in [0.29, 0.717) is 11.1 Å². The number of benzene rings is 1. The van der Waals surface area contributed by atoms with Gasteiger partial charge in [0.15, 0.2) is 11.5 Å². The highest BCUT2D eigenvalue weighted by molar-refractivity contribution is 5.77. The molecule has 0 aliphatic carbocycles. The van der Waals surface area contributed by atoms with Crippen LogP contribution in [0.25, 0.3) is 0 Å². The molecule has 0 fully saturated rings. The maximum Gasteiger partial charge on any atom is 0.325 e. The Bertz CT molecular complexity index is 414. The van der Waals surface area contributed by atoms with Crippen LogP contribution in [0.3, 0.4) is 0 Å². The van der Waals surface area contributed by atoms with Gasteiger partial charge in [0.2, 0.25) is 0 Å². The molecule has 5 heteroatoms. The van der Waals surface area contributed by atoms with Gasteiger partial charge in [-0.1, -0.05) is 0 Å². The average molecular weight is 211 g/mol. The highest BCUT2D eigenvalue weighted by Gasteiger charge is 2.22. The van der Waals surface area contributed by atoms with E-state index in [1.54, 1.807) is 13.8 Å². The van der Waals surface area contributed by atoms with Crippen molar-refractivity contribution >= 4 is 5.97 Å². The van der Waals surface area contributed by atoms with E-state index in [0.717, 1.165) is 0 Å². The number of phenols is 2. The van der Waals surface area contributed by atoms with Gasteiger partial charge in [-0.15, -0.1) is 0 Å². The number of hydrogen-bond acceptors (Lipinski definition) is 4. The summed E-state index contributed by atoms with van der Waals surface area (Å²) in [6.07, 6.45) is 0. The molecular weight excluding hydrogens is 198 g/mol. The standard InChI is InChI=1S/C10H13NO4/c1-4-3-6(7(11)10(14)15)9(13)8(12)5(4)2/h3,7,12-13H,11H2,1-2H3,(H,14,15). The molecule has 1 aromatic rings. The maximum absolute atomic E-state index is 10.6. The molecular formula is C10H13NO4. The molecule has 1 aromatic carbocycles. The zero-order valence-corrected chi connectivity index (χ0v) is 8.48. The largest absolute Gasteiger partial charge is 0.504 e. The summed E-state index contributed by atoms with van der Waals surface area (Å²) in [6.45, 7) is 3.33. The Morgan fingerprint density at radius 2 is 1.87 bits per heavy atom. The van der Waals surface area contributed by atoms with Gasteiger partial charge < -0.3 is 21.1 Å². The van der Waals surface area contributed by atoms with Crippen LogP contribution in [0.5, 0.6) is 11.5 Å². The van der Waals surface area contributed by atoms with E-state index in [-0.39, 0.29) is 11.3 Å². The lowest BCUT2D eigenvalue weighted by molar-refractivity contribution is -0.138. The van der Waals surface area contributed by atoms with Crippen molar-refractivity contribution in [2.45, 2.75) is 19.9 Å². The molecule has 0 heterocycles. The third-order valence-electron chi connectivity index (χ3n) is 2.42. The zero-order valence-electron chi connectivity index (χ0n) is 8.48. The van der Waals surface area contributed by atoms with E-state index in [1.807, 2.05) is 0 Å². The van der Waals surface area contributed by atoms with E-state index in [9.17, 15) is 15.0 Å². The fourth-order valence-electron chi connectivity index (χ4n) is 1.28. The fourth-order valence-corrected chi connectivity index (χ4v) is 1.28. The summed E-state index contributed by atoms with van der Waals surface area (Å²) in [5, 5.41) is 27.7. The van der Waals surface area contributed by atoms with Gasteiger partial charge in [0.25, 0.3) is 0 Å². The van der Waals surface area contributed by atoms with Crippen molar-refractivity contribution in [2.24, 2.45) is 5.73 Å². The summed E-state index contributed by atoms with van der Waals surface area (Å²) < 4.78 is 0. The summed E-state index contributed by atoms with van der Waals surface area (Å²) >= 11 is 0. The zero-order chi connectivity index (χ0) is 11.7. The van der Waals surface area contributed by atoms with Crippen LogP contribution in [0.4, 0.5) is 0 Å². The normalized spacial score (nSPS) is 12.5. The second-order valence-electron chi connectivity index (χ2n) is 3.42. The average Bonchev–Trinajstić information content (AvgIpc) is 2.19. The quantitative estimate of drug-likeness (QED) is 0.542. The highest BCUT2D eigenvalue weighted by Crippen LogP contribution is 2.36. The first kappa shape index (κ1) is 11.3. The SMILES string of the molecule is Cc1cc(C(N)C(=O)O)c(O)c(O)c1C. The molecule has 0 aromatic heterocycles. The van der Waals surface area contributed by atoms with Crippen LogP contribution >= 0.6 is 0 Å². The molecule has 0 amide bonds.